The number of hydrogen-bond acceptors (Lipinski definition) is 4. The molecule has 0 aliphatic heterocycles. The maximum absolute atomic E-state index is 11.3. The molecule has 0 saturated heterocycles. The molecule has 1 aromatic carbocycles. The average Bonchev–Trinajstić information content (AvgIpc) is 2.36. The zero-order valence-electron chi connectivity index (χ0n) is 10.2. The Bertz CT molecular complexity index is 461. The van der Waals surface area contributed by atoms with Crippen molar-refractivity contribution < 1.29 is 14.5 Å². The highest BCUT2D eigenvalue weighted by Crippen LogP contribution is 2.31. The van der Waals surface area contributed by atoms with Gasteiger partial charge in [-0.1, -0.05) is 13.0 Å². The van der Waals surface area contributed by atoms with Crippen LogP contribution in [-0.2, 0) is 9.53 Å². The highest BCUT2D eigenvalue weighted by atomic mass is 79.9. The molecular formula is C12H14BrNO4. The van der Waals surface area contributed by atoms with E-state index in [4.69, 9.17) is 0 Å². The smallest absolute Gasteiger partial charge is 0.306 e. The van der Waals surface area contributed by atoms with Crippen LogP contribution in [0.15, 0.2) is 22.7 Å². The maximum atomic E-state index is 11.3. The molecule has 1 unspecified atom stereocenters. The molecule has 0 amide bonds. The molecule has 0 heterocycles. The van der Waals surface area contributed by atoms with Gasteiger partial charge in [-0.15, -0.1) is 0 Å². The zero-order chi connectivity index (χ0) is 13.7. The van der Waals surface area contributed by atoms with Gasteiger partial charge in [0.1, 0.15) is 0 Å². The molecular weight excluding hydrogens is 302 g/mol. The van der Waals surface area contributed by atoms with Crippen molar-refractivity contribution in [2.45, 2.75) is 25.7 Å². The van der Waals surface area contributed by atoms with E-state index < -0.39 is 4.92 Å². The molecule has 0 radical (unpaired) electrons. The summed E-state index contributed by atoms with van der Waals surface area (Å²) in [6, 6.07) is 4.92. The molecule has 1 atom stereocenters. The van der Waals surface area contributed by atoms with E-state index in [9.17, 15) is 14.9 Å². The van der Waals surface area contributed by atoms with Crippen LogP contribution in [0.4, 0.5) is 5.69 Å². The lowest BCUT2D eigenvalue weighted by Crippen LogP contribution is -2.08. The first-order chi connectivity index (χ1) is 8.49. The summed E-state index contributed by atoms with van der Waals surface area (Å²) in [5.41, 5.74) is 0.786. The summed E-state index contributed by atoms with van der Waals surface area (Å²) < 4.78 is 5.06. The van der Waals surface area contributed by atoms with Crippen molar-refractivity contribution in [3.8, 4) is 0 Å². The van der Waals surface area contributed by atoms with Gasteiger partial charge in [-0.2, -0.15) is 0 Å². The van der Waals surface area contributed by atoms with Crippen molar-refractivity contribution >= 4 is 27.6 Å². The molecule has 6 heteroatoms. The standard InChI is InChI=1S/C12H14BrNO4/c1-3-8(7-12(15)18-2)9-4-5-10(13)11(6-9)14(16)17/h4-6,8H,3,7H2,1-2H3. The molecule has 5 nitrogen and oxygen atoms in total. The fourth-order valence-electron chi connectivity index (χ4n) is 1.71. The Hall–Kier alpha value is -1.43. The second-order valence-electron chi connectivity index (χ2n) is 3.85. The lowest BCUT2D eigenvalue weighted by molar-refractivity contribution is -0.385. The van der Waals surface area contributed by atoms with Gasteiger partial charge in [-0.25, -0.2) is 0 Å². The van der Waals surface area contributed by atoms with Crippen LogP contribution in [0, 0.1) is 10.1 Å². The third-order valence-corrected chi connectivity index (χ3v) is 3.44. The molecule has 0 N–H and O–H groups in total. The number of hydrogen-bond donors (Lipinski definition) is 0. The van der Waals surface area contributed by atoms with Gasteiger partial charge in [0.15, 0.2) is 0 Å². The minimum atomic E-state index is -0.446. The van der Waals surface area contributed by atoms with E-state index in [1.807, 2.05) is 6.92 Å². The Kier molecular flexibility index (Phi) is 5.27. The second kappa shape index (κ2) is 6.49. The first kappa shape index (κ1) is 14.6. The Balaban J connectivity index is 3.03. The number of benzene rings is 1. The Labute approximate surface area is 113 Å². The molecule has 98 valence electrons. The molecule has 18 heavy (non-hydrogen) atoms. The van der Waals surface area contributed by atoms with Gasteiger partial charge in [-0.05, 0) is 39.9 Å². The average molecular weight is 316 g/mol. The first-order valence-corrected chi connectivity index (χ1v) is 6.29. The monoisotopic (exact) mass is 315 g/mol. The van der Waals surface area contributed by atoms with Crippen LogP contribution in [0.25, 0.3) is 0 Å². The number of ether oxygens (including phenoxy) is 1. The SMILES string of the molecule is CCC(CC(=O)OC)c1ccc(Br)c([N+](=O)[O-])c1. The van der Waals surface area contributed by atoms with E-state index in [2.05, 4.69) is 20.7 Å². The van der Waals surface area contributed by atoms with Gasteiger partial charge in [0.05, 0.1) is 22.9 Å². The molecule has 0 aliphatic carbocycles. The molecule has 0 bridgehead atoms. The normalized spacial score (nSPS) is 11.9. The van der Waals surface area contributed by atoms with E-state index in [1.54, 1.807) is 12.1 Å². The summed E-state index contributed by atoms with van der Waals surface area (Å²) >= 11 is 3.13. The van der Waals surface area contributed by atoms with Crippen LogP contribution < -0.4 is 0 Å². The summed E-state index contributed by atoms with van der Waals surface area (Å²) in [5.74, 6) is -0.378. The van der Waals surface area contributed by atoms with E-state index in [-0.39, 0.29) is 24.0 Å². The number of nitro groups is 1. The minimum absolute atomic E-state index is 0.0100. The van der Waals surface area contributed by atoms with E-state index in [0.717, 1.165) is 5.56 Å². The second-order valence-corrected chi connectivity index (χ2v) is 4.71. The van der Waals surface area contributed by atoms with Crippen LogP contribution in [-0.4, -0.2) is 18.0 Å². The quantitative estimate of drug-likeness (QED) is 0.474. The predicted octanol–water partition coefficient (Wildman–Crippen LogP) is 3.41. The lowest BCUT2D eigenvalue weighted by Gasteiger charge is -2.13. The highest BCUT2D eigenvalue weighted by molar-refractivity contribution is 9.10. The third kappa shape index (κ3) is 3.53. The number of nitrogens with zero attached hydrogens (tertiary/aromatic N) is 1. The van der Waals surface area contributed by atoms with Crippen LogP contribution in [0.2, 0.25) is 0 Å². The van der Waals surface area contributed by atoms with Crippen molar-refractivity contribution in [3.63, 3.8) is 0 Å². The molecule has 1 aromatic rings. The molecule has 0 fully saturated rings. The number of carbonyl (C=O) groups is 1. The Morgan fingerprint density at radius 2 is 2.22 bits per heavy atom. The molecule has 0 spiro atoms. The fourth-order valence-corrected chi connectivity index (χ4v) is 2.10. The van der Waals surface area contributed by atoms with Gasteiger partial charge >= 0.3 is 5.97 Å². The first-order valence-electron chi connectivity index (χ1n) is 5.50. The van der Waals surface area contributed by atoms with Gasteiger partial charge < -0.3 is 4.74 Å². The summed E-state index contributed by atoms with van der Waals surface area (Å²) in [5, 5.41) is 10.8. The van der Waals surface area contributed by atoms with Crippen LogP contribution in [0.1, 0.15) is 31.2 Å². The van der Waals surface area contributed by atoms with Gasteiger partial charge in [0.2, 0.25) is 0 Å². The van der Waals surface area contributed by atoms with Crippen molar-refractivity contribution in [2.24, 2.45) is 0 Å². The number of carbonyl (C=O) groups excluding carboxylic acids is 1. The summed E-state index contributed by atoms with van der Waals surface area (Å²) in [4.78, 5) is 21.7. The van der Waals surface area contributed by atoms with Crippen molar-refractivity contribution in [2.75, 3.05) is 7.11 Å². The molecule has 0 saturated carbocycles. The summed E-state index contributed by atoms with van der Waals surface area (Å²) in [6.07, 6.45) is 0.944. The number of esters is 1. The van der Waals surface area contributed by atoms with Crippen molar-refractivity contribution in [3.05, 3.63) is 38.3 Å². The number of rotatable bonds is 5. The van der Waals surface area contributed by atoms with Crippen molar-refractivity contribution in [1.29, 1.82) is 0 Å². The topological polar surface area (TPSA) is 69.4 Å². The summed E-state index contributed by atoms with van der Waals surface area (Å²) in [6.45, 7) is 1.93. The van der Waals surface area contributed by atoms with E-state index in [1.165, 1.54) is 13.2 Å². The predicted molar refractivity (Wildman–Crippen MR) is 70.5 cm³/mol. The fraction of sp³-hybridized carbons (Fsp3) is 0.417. The lowest BCUT2D eigenvalue weighted by atomic mass is 9.93. The number of methoxy groups -OCH3 is 1. The molecule has 1 rings (SSSR count). The van der Waals surface area contributed by atoms with Gasteiger partial charge in [0.25, 0.3) is 5.69 Å². The largest absolute Gasteiger partial charge is 0.469 e. The maximum Gasteiger partial charge on any atom is 0.306 e. The van der Waals surface area contributed by atoms with Crippen molar-refractivity contribution in [1.82, 2.24) is 0 Å². The third-order valence-electron chi connectivity index (χ3n) is 2.77. The molecule has 0 aromatic heterocycles. The highest BCUT2D eigenvalue weighted by Gasteiger charge is 2.19. The van der Waals surface area contributed by atoms with E-state index >= 15 is 0 Å². The van der Waals surface area contributed by atoms with Crippen LogP contribution >= 0.6 is 15.9 Å². The van der Waals surface area contributed by atoms with E-state index in [0.29, 0.717) is 10.9 Å². The number of halogens is 1. The van der Waals surface area contributed by atoms with Gasteiger partial charge in [0, 0.05) is 6.07 Å². The molecule has 0 aliphatic rings. The Morgan fingerprint density at radius 1 is 1.56 bits per heavy atom. The minimum Gasteiger partial charge on any atom is -0.469 e. The zero-order valence-corrected chi connectivity index (χ0v) is 11.8. The summed E-state index contributed by atoms with van der Waals surface area (Å²) in [7, 11) is 1.33. The Morgan fingerprint density at radius 3 is 2.72 bits per heavy atom. The number of nitro benzene ring substituents is 1. The van der Waals surface area contributed by atoms with Crippen LogP contribution in [0.3, 0.4) is 0 Å². The van der Waals surface area contributed by atoms with Gasteiger partial charge in [-0.3, -0.25) is 14.9 Å². The van der Waals surface area contributed by atoms with Crippen LogP contribution in [0.5, 0.6) is 0 Å².